The molecule has 2 aliphatic rings. The SMILES string of the molecule is CC(c1cnn(C)c1)N(CC1CCNCC1)C1CC1. The van der Waals surface area contributed by atoms with Gasteiger partial charge >= 0.3 is 0 Å². The monoisotopic (exact) mass is 262 g/mol. The Balaban J connectivity index is 1.66. The summed E-state index contributed by atoms with van der Waals surface area (Å²) >= 11 is 0. The van der Waals surface area contributed by atoms with Gasteiger partial charge in [-0.3, -0.25) is 9.58 Å². The van der Waals surface area contributed by atoms with Gasteiger partial charge in [0.1, 0.15) is 0 Å². The van der Waals surface area contributed by atoms with Crippen molar-refractivity contribution in [2.75, 3.05) is 19.6 Å². The third kappa shape index (κ3) is 3.18. The lowest BCUT2D eigenvalue weighted by Crippen LogP contribution is -2.38. The molecular weight excluding hydrogens is 236 g/mol. The van der Waals surface area contributed by atoms with Crippen LogP contribution in [0.1, 0.15) is 44.2 Å². The quantitative estimate of drug-likeness (QED) is 0.880. The van der Waals surface area contributed by atoms with Gasteiger partial charge in [-0.05, 0) is 51.6 Å². The van der Waals surface area contributed by atoms with Crippen LogP contribution in [0.2, 0.25) is 0 Å². The predicted octanol–water partition coefficient (Wildman–Crippen LogP) is 1.95. The number of nitrogens with one attached hydrogen (secondary N) is 1. The number of piperidine rings is 1. The van der Waals surface area contributed by atoms with Gasteiger partial charge in [0, 0.05) is 37.4 Å². The molecule has 1 atom stereocenters. The van der Waals surface area contributed by atoms with Crippen LogP contribution in [0.25, 0.3) is 0 Å². The molecule has 19 heavy (non-hydrogen) atoms. The Morgan fingerprint density at radius 1 is 1.37 bits per heavy atom. The maximum Gasteiger partial charge on any atom is 0.0537 e. The highest BCUT2D eigenvalue weighted by Gasteiger charge is 2.34. The van der Waals surface area contributed by atoms with Crippen LogP contribution < -0.4 is 5.32 Å². The first-order valence-electron chi connectivity index (χ1n) is 7.69. The van der Waals surface area contributed by atoms with Crippen LogP contribution in [-0.2, 0) is 7.05 Å². The van der Waals surface area contributed by atoms with E-state index in [9.17, 15) is 0 Å². The zero-order chi connectivity index (χ0) is 13.2. The summed E-state index contributed by atoms with van der Waals surface area (Å²) in [5, 5.41) is 7.79. The molecule has 2 heterocycles. The van der Waals surface area contributed by atoms with Crippen molar-refractivity contribution >= 4 is 0 Å². The van der Waals surface area contributed by atoms with Crippen molar-refractivity contribution in [1.82, 2.24) is 20.0 Å². The fraction of sp³-hybridized carbons (Fsp3) is 0.800. The number of hydrogen-bond donors (Lipinski definition) is 1. The molecule has 1 aliphatic heterocycles. The first kappa shape index (κ1) is 13.1. The average molecular weight is 262 g/mol. The molecule has 1 saturated heterocycles. The van der Waals surface area contributed by atoms with Crippen LogP contribution >= 0.6 is 0 Å². The minimum atomic E-state index is 0.510. The first-order valence-corrected chi connectivity index (χ1v) is 7.69. The number of aromatic nitrogens is 2. The van der Waals surface area contributed by atoms with Crippen molar-refractivity contribution in [3.05, 3.63) is 18.0 Å². The topological polar surface area (TPSA) is 33.1 Å². The summed E-state index contributed by atoms with van der Waals surface area (Å²) in [6.07, 6.45) is 9.64. The molecule has 0 radical (unpaired) electrons. The minimum Gasteiger partial charge on any atom is -0.317 e. The summed E-state index contributed by atoms with van der Waals surface area (Å²) in [5.41, 5.74) is 1.36. The largest absolute Gasteiger partial charge is 0.317 e. The molecule has 2 fully saturated rings. The highest BCUT2D eigenvalue weighted by atomic mass is 15.3. The van der Waals surface area contributed by atoms with Crippen LogP contribution in [0.3, 0.4) is 0 Å². The second-order valence-corrected chi connectivity index (χ2v) is 6.24. The van der Waals surface area contributed by atoms with Gasteiger partial charge < -0.3 is 5.32 Å². The number of hydrogen-bond acceptors (Lipinski definition) is 3. The fourth-order valence-corrected chi connectivity index (χ4v) is 3.24. The summed E-state index contributed by atoms with van der Waals surface area (Å²) < 4.78 is 1.92. The molecule has 0 amide bonds. The van der Waals surface area contributed by atoms with E-state index in [0.29, 0.717) is 6.04 Å². The zero-order valence-corrected chi connectivity index (χ0v) is 12.2. The van der Waals surface area contributed by atoms with E-state index in [0.717, 1.165) is 12.0 Å². The standard InChI is InChI=1S/C15H26N4/c1-12(14-9-17-18(2)11-14)19(15-3-4-15)10-13-5-7-16-8-6-13/h9,11-13,15-16H,3-8,10H2,1-2H3. The van der Waals surface area contributed by atoms with E-state index in [1.807, 2.05) is 17.9 Å². The summed E-state index contributed by atoms with van der Waals surface area (Å²) in [4.78, 5) is 2.73. The molecule has 0 spiro atoms. The van der Waals surface area contributed by atoms with Crippen molar-refractivity contribution in [2.24, 2.45) is 13.0 Å². The Bertz CT molecular complexity index is 404. The second kappa shape index (κ2) is 5.63. The summed E-state index contributed by atoms with van der Waals surface area (Å²) in [6.45, 7) is 6.01. The lowest BCUT2D eigenvalue weighted by atomic mass is 9.96. The Morgan fingerprint density at radius 3 is 2.68 bits per heavy atom. The van der Waals surface area contributed by atoms with E-state index >= 15 is 0 Å². The molecule has 1 unspecified atom stereocenters. The van der Waals surface area contributed by atoms with E-state index in [1.54, 1.807) is 0 Å². The van der Waals surface area contributed by atoms with Crippen LogP contribution in [0.15, 0.2) is 12.4 Å². The zero-order valence-electron chi connectivity index (χ0n) is 12.2. The van der Waals surface area contributed by atoms with Crippen molar-refractivity contribution < 1.29 is 0 Å². The smallest absolute Gasteiger partial charge is 0.0537 e. The molecule has 1 aromatic rings. The third-order valence-corrected chi connectivity index (χ3v) is 4.65. The molecule has 106 valence electrons. The summed E-state index contributed by atoms with van der Waals surface area (Å²) in [7, 11) is 2.00. The lowest BCUT2D eigenvalue weighted by Gasteiger charge is -2.34. The Morgan fingerprint density at radius 2 is 2.11 bits per heavy atom. The average Bonchev–Trinajstić information content (AvgIpc) is 3.18. The molecule has 1 aliphatic carbocycles. The molecule has 3 rings (SSSR count). The number of aryl methyl sites for hydroxylation is 1. The van der Waals surface area contributed by atoms with Gasteiger partial charge in [-0.15, -0.1) is 0 Å². The Labute approximate surface area is 116 Å². The lowest BCUT2D eigenvalue weighted by molar-refractivity contribution is 0.152. The number of rotatable bonds is 5. The minimum absolute atomic E-state index is 0.510. The van der Waals surface area contributed by atoms with Crippen LogP contribution in [0.5, 0.6) is 0 Å². The highest BCUT2D eigenvalue weighted by molar-refractivity contribution is 5.11. The van der Waals surface area contributed by atoms with Gasteiger partial charge in [-0.2, -0.15) is 5.10 Å². The van der Waals surface area contributed by atoms with E-state index in [2.05, 4.69) is 28.4 Å². The molecule has 0 aromatic carbocycles. The van der Waals surface area contributed by atoms with Crippen molar-refractivity contribution in [1.29, 1.82) is 0 Å². The molecule has 1 aromatic heterocycles. The van der Waals surface area contributed by atoms with Gasteiger partial charge in [0.05, 0.1) is 6.20 Å². The molecule has 4 heteroatoms. The van der Waals surface area contributed by atoms with Crippen LogP contribution in [0, 0.1) is 5.92 Å². The highest BCUT2D eigenvalue weighted by Crippen LogP contribution is 2.35. The van der Waals surface area contributed by atoms with Gasteiger partial charge in [0.25, 0.3) is 0 Å². The van der Waals surface area contributed by atoms with Crippen molar-refractivity contribution in [3.8, 4) is 0 Å². The van der Waals surface area contributed by atoms with E-state index in [1.165, 1.54) is 50.9 Å². The Hall–Kier alpha value is -0.870. The fourth-order valence-electron chi connectivity index (χ4n) is 3.24. The van der Waals surface area contributed by atoms with Gasteiger partial charge in [-0.1, -0.05) is 0 Å². The summed E-state index contributed by atoms with van der Waals surface area (Å²) in [5.74, 6) is 0.876. The molecule has 1 N–H and O–H groups in total. The van der Waals surface area contributed by atoms with Gasteiger partial charge in [0.15, 0.2) is 0 Å². The first-order chi connectivity index (χ1) is 9.24. The Kier molecular flexibility index (Phi) is 3.89. The molecule has 1 saturated carbocycles. The maximum atomic E-state index is 4.33. The van der Waals surface area contributed by atoms with Crippen LogP contribution in [-0.4, -0.2) is 40.4 Å². The normalized spacial score (nSPS) is 22.9. The van der Waals surface area contributed by atoms with Crippen LogP contribution in [0.4, 0.5) is 0 Å². The van der Waals surface area contributed by atoms with E-state index < -0.39 is 0 Å². The molecular formula is C15H26N4. The predicted molar refractivity (Wildman–Crippen MR) is 76.9 cm³/mol. The summed E-state index contributed by atoms with van der Waals surface area (Å²) in [6, 6.07) is 1.33. The van der Waals surface area contributed by atoms with Crippen molar-refractivity contribution in [3.63, 3.8) is 0 Å². The van der Waals surface area contributed by atoms with Crippen molar-refractivity contribution in [2.45, 2.75) is 44.7 Å². The second-order valence-electron chi connectivity index (χ2n) is 6.24. The van der Waals surface area contributed by atoms with Gasteiger partial charge in [-0.25, -0.2) is 0 Å². The van der Waals surface area contributed by atoms with E-state index in [-0.39, 0.29) is 0 Å². The maximum absolute atomic E-state index is 4.33. The molecule has 0 bridgehead atoms. The third-order valence-electron chi connectivity index (χ3n) is 4.65. The number of nitrogens with zero attached hydrogens (tertiary/aromatic N) is 3. The molecule has 4 nitrogen and oxygen atoms in total. The van der Waals surface area contributed by atoms with Gasteiger partial charge in [0.2, 0.25) is 0 Å². The van der Waals surface area contributed by atoms with E-state index in [4.69, 9.17) is 0 Å².